The molecule has 0 saturated carbocycles. The van der Waals surface area contributed by atoms with Gasteiger partial charge in [0.15, 0.2) is 0 Å². The first kappa shape index (κ1) is 14.1. The molecule has 1 heterocycles. The average Bonchev–Trinajstić information content (AvgIpc) is 2.89. The highest BCUT2D eigenvalue weighted by Gasteiger charge is 2.25. The Balaban J connectivity index is 1.70. The van der Waals surface area contributed by atoms with Crippen LogP contribution < -0.4 is 5.32 Å². The number of benzene rings is 1. The zero-order valence-corrected chi connectivity index (χ0v) is 13.0. The van der Waals surface area contributed by atoms with Gasteiger partial charge >= 0.3 is 0 Å². The third-order valence-corrected chi connectivity index (χ3v) is 4.90. The largest absolute Gasteiger partial charge is 0.311 e. The molecule has 2 nitrogen and oxygen atoms in total. The summed E-state index contributed by atoms with van der Waals surface area (Å²) in [6.07, 6.45) is 6.52. The molecule has 0 spiro atoms. The van der Waals surface area contributed by atoms with Crippen LogP contribution in [-0.2, 0) is 19.4 Å². The molecule has 110 valence electrons. The molecule has 1 N–H and O–H groups in total. The van der Waals surface area contributed by atoms with Crippen molar-refractivity contribution in [3.05, 3.63) is 34.9 Å². The van der Waals surface area contributed by atoms with E-state index in [0.717, 1.165) is 13.1 Å². The fourth-order valence-corrected chi connectivity index (χ4v) is 3.80. The molecule has 1 aliphatic carbocycles. The Kier molecular flexibility index (Phi) is 4.42. The van der Waals surface area contributed by atoms with Crippen molar-refractivity contribution < 1.29 is 0 Å². The number of nitrogens with one attached hydrogen (secondary N) is 1. The van der Waals surface area contributed by atoms with E-state index in [2.05, 4.69) is 42.3 Å². The molecular formula is C18H28N2. The molecule has 0 radical (unpaired) electrons. The molecule has 1 saturated heterocycles. The van der Waals surface area contributed by atoms with Gasteiger partial charge in [-0.3, -0.25) is 4.90 Å². The molecule has 1 fully saturated rings. The van der Waals surface area contributed by atoms with E-state index in [1.54, 1.807) is 11.1 Å². The molecule has 2 unspecified atom stereocenters. The van der Waals surface area contributed by atoms with Crippen molar-refractivity contribution in [2.45, 2.75) is 64.6 Å². The Morgan fingerprint density at radius 1 is 1.25 bits per heavy atom. The van der Waals surface area contributed by atoms with Crippen LogP contribution in [0, 0.1) is 0 Å². The lowest BCUT2D eigenvalue weighted by Crippen LogP contribution is -2.54. The normalized spacial score (nSPS) is 26.7. The van der Waals surface area contributed by atoms with E-state index in [1.807, 2.05) is 0 Å². The minimum absolute atomic E-state index is 0.623. The van der Waals surface area contributed by atoms with Crippen molar-refractivity contribution in [3.63, 3.8) is 0 Å². The quantitative estimate of drug-likeness (QED) is 0.906. The number of piperazine rings is 1. The second kappa shape index (κ2) is 6.28. The summed E-state index contributed by atoms with van der Waals surface area (Å²) in [5.74, 6) is 0. The van der Waals surface area contributed by atoms with Crippen LogP contribution >= 0.6 is 0 Å². The second-order valence-electron chi connectivity index (χ2n) is 6.64. The predicted octanol–water partition coefficient (Wildman–Crippen LogP) is 3.14. The van der Waals surface area contributed by atoms with Gasteiger partial charge in [0, 0.05) is 31.7 Å². The fourth-order valence-electron chi connectivity index (χ4n) is 3.80. The van der Waals surface area contributed by atoms with E-state index < -0.39 is 0 Å². The maximum absolute atomic E-state index is 3.63. The van der Waals surface area contributed by atoms with Gasteiger partial charge in [-0.15, -0.1) is 0 Å². The van der Waals surface area contributed by atoms with E-state index in [-0.39, 0.29) is 0 Å². The highest BCUT2D eigenvalue weighted by atomic mass is 15.2. The number of fused-ring (bicyclic) bond motifs is 1. The maximum Gasteiger partial charge on any atom is 0.0237 e. The number of hydrogen-bond donors (Lipinski definition) is 1. The average molecular weight is 272 g/mol. The summed E-state index contributed by atoms with van der Waals surface area (Å²) in [6.45, 7) is 8.06. The molecule has 2 aliphatic rings. The monoisotopic (exact) mass is 272 g/mol. The standard InChI is InChI=1S/C18H28N2/c1-3-5-18-11-19-14(2)12-20(18)13-15-8-9-16-6-4-7-17(16)10-15/h8-10,14,18-19H,3-7,11-13H2,1-2H3. The minimum atomic E-state index is 0.623. The highest BCUT2D eigenvalue weighted by molar-refractivity contribution is 5.35. The van der Waals surface area contributed by atoms with Crippen molar-refractivity contribution in [2.24, 2.45) is 0 Å². The Bertz CT molecular complexity index is 455. The number of nitrogens with zero attached hydrogens (tertiary/aromatic N) is 1. The zero-order chi connectivity index (χ0) is 13.9. The van der Waals surface area contributed by atoms with Gasteiger partial charge in [0.05, 0.1) is 0 Å². The van der Waals surface area contributed by atoms with Crippen LogP contribution in [0.5, 0.6) is 0 Å². The SMILES string of the molecule is CCCC1CNC(C)CN1Cc1ccc2c(c1)CCC2. The van der Waals surface area contributed by atoms with Gasteiger partial charge in [0.2, 0.25) is 0 Å². The Morgan fingerprint density at radius 2 is 2.10 bits per heavy atom. The molecule has 3 rings (SSSR count). The van der Waals surface area contributed by atoms with Crippen LogP contribution in [0.2, 0.25) is 0 Å². The van der Waals surface area contributed by atoms with Gasteiger partial charge in [-0.2, -0.15) is 0 Å². The molecule has 1 aromatic rings. The first-order valence-electron chi connectivity index (χ1n) is 8.34. The molecule has 20 heavy (non-hydrogen) atoms. The van der Waals surface area contributed by atoms with Gasteiger partial charge < -0.3 is 5.32 Å². The van der Waals surface area contributed by atoms with Crippen molar-refractivity contribution in [1.82, 2.24) is 10.2 Å². The van der Waals surface area contributed by atoms with Crippen LogP contribution in [0.3, 0.4) is 0 Å². The first-order valence-corrected chi connectivity index (χ1v) is 8.34. The topological polar surface area (TPSA) is 15.3 Å². The first-order chi connectivity index (χ1) is 9.76. The lowest BCUT2D eigenvalue weighted by molar-refractivity contribution is 0.120. The number of hydrogen-bond acceptors (Lipinski definition) is 2. The molecule has 2 heteroatoms. The molecule has 0 aromatic heterocycles. The predicted molar refractivity (Wildman–Crippen MR) is 85.0 cm³/mol. The Hall–Kier alpha value is -0.860. The van der Waals surface area contributed by atoms with Crippen LogP contribution in [0.1, 0.15) is 49.8 Å². The van der Waals surface area contributed by atoms with Crippen LogP contribution in [0.15, 0.2) is 18.2 Å². The minimum Gasteiger partial charge on any atom is -0.311 e. The Morgan fingerprint density at radius 3 is 2.95 bits per heavy atom. The summed E-state index contributed by atoms with van der Waals surface area (Å²) in [6, 6.07) is 8.54. The Labute approximate surface area is 123 Å². The van der Waals surface area contributed by atoms with Gasteiger partial charge in [0.25, 0.3) is 0 Å². The second-order valence-corrected chi connectivity index (χ2v) is 6.64. The van der Waals surface area contributed by atoms with Gasteiger partial charge in [-0.25, -0.2) is 0 Å². The van der Waals surface area contributed by atoms with Crippen molar-refractivity contribution in [2.75, 3.05) is 13.1 Å². The van der Waals surface area contributed by atoms with Gasteiger partial charge in [-0.1, -0.05) is 31.5 Å². The lowest BCUT2D eigenvalue weighted by atomic mass is 10.0. The maximum atomic E-state index is 3.63. The van der Waals surface area contributed by atoms with E-state index >= 15 is 0 Å². The molecule has 1 aromatic carbocycles. The third kappa shape index (κ3) is 3.07. The number of aryl methyl sites for hydroxylation is 2. The molecule has 2 atom stereocenters. The van der Waals surface area contributed by atoms with Gasteiger partial charge in [-0.05, 0) is 49.3 Å². The zero-order valence-electron chi connectivity index (χ0n) is 13.0. The van der Waals surface area contributed by atoms with E-state index in [0.29, 0.717) is 12.1 Å². The number of rotatable bonds is 4. The van der Waals surface area contributed by atoms with E-state index in [4.69, 9.17) is 0 Å². The molecule has 0 bridgehead atoms. The summed E-state index contributed by atoms with van der Waals surface area (Å²) in [7, 11) is 0. The van der Waals surface area contributed by atoms with E-state index in [1.165, 1.54) is 44.2 Å². The fraction of sp³-hybridized carbons (Fsp3) is 0.667. The summed E-state index contributed by atoms with van der Waals surface area (Å²) in [5, 5.41) is 3.63. The van der Waals surface area contributed by atoms with Crippen LogP contribution in [-0.4, -0.2) is 30.1 Å². The third-order valence-electron chi connectivity index (χ3n) is 4.90. The highest BCUT2D eigenvalue weighted by Crippen LogP contribution is 2.24. The summed E-state index contributed by atoms with van der Waals surface area (Å²) >= 11 is 0. The molecule has 1 aliphatic heterocycles. The summed E-state index contributed by atoms with van der Waals surface area (Å²) < 4.78 is 0. The van der Waals surface area contributed by atoms with E-state index in [9.17, 15) is 0 Å². The summed E-state index contributed by atoms with van der Waals surface area (Å²) in [5.41, 5.74) is 4.71. The lowest BCUT2D eigenvalue weighted by Gasteiger charge is -2.39. The summed E-state index contributed by atoms with van der Waals surface area (Å²) in [4.78, 5) is 2.70. The van der Waals surface area contributed by atoms with Crippen LogP contribution in [0.25, 0.3) is 0 Å². The molecular weight excluding hydrogens is 244 g/mol. The van der Waals surface area contributed by atoms with Crippen molar-refractivity contribution in [3.8, 4) is 0 Å². The van der Waals surface area contributed by atoms with Gasteiger partial charge in [0.1, 0.15) is 0 Å². The molecule has 0 amide bonds. The smallest absolute Gasteiger partial charge is 0.0237 e. The van der Waals surface area contributed by atoms with Crippen molar-refractivity contribution in [1.29, 1.82) is 0 Å². The van der Waals surface area contributed by atoms with Crippen LogP contribution in [0.4, 0.5) is 0 Å². The van der Waals surface area contributed by atoms with Crippen molar-refractivity contribution >= 4 is 0 Å².